The van der Waals surface area contributed by atoms with Gasteiger partial charge in [-0.3, -0.25) is 19.5 Å². The summed E-state index contributed by atoms with van der Waals surface area (Å²) in [6.07, 6.45) is 3.18. The Kier molecular flexibility index (Phi) is 5.76. The number of aryl methyl sites for hydroxylation is 1. The van der Waals surface area contributed by atoms with E-state index >= 15 is 0 Å². The van der Waals surface area contributed by atoms with Gasteiger partial charge in [-0.25, -0.2) is 0 Å². The van der Waals surface area contributed by atoms with E-state index in [0.717, 1.165) is 5.56 Å². The van der Waals surface area contributed by atoms with E-state index in [1.807, 2.05) is 31.2 Å². The van der Waals surface area contributed by atoms with Gasteiger partial charge in [-0.1, -0.05) is 18.2 Å². The minimum Gasteiger partial charge on any atom is -0.507 e. The number of Topliss-reactive ketones (excluding diaryl/α,β-unsaturated/α-hetero) is 1. The number of carbonyl (C=O) groups is 2. The number of pyridine rings is 1. The van der Waals surface area contributed by atoms with Gasteiger partial charge >= 0.3 is 0 Å². The number of benzene rings is 3. The number of rotatable bonds is 5. The molecule has 2 aliphatic heterocycles. The molecule has 0 saturated carbocycles. The van der Waals surface area contributed by atoms with Gasteiger partial charge in [0.2, 0.25) is 6.79 Å². The smallest absolute Gasteiger partial charge is 0.300 e. The van der Waals surface area contributed by atoms with Crippen molar-refractivity contribution in [3.8, 4) is 23.0 Å². The molecule has 1 fully saturated rings. The number of aliphatic hydroxyl groups is 1. The molecule has 6 rings (SSSR count). The van der Waals surface area contributed by atoms with Crippen LogP contribution in [0, 0.1) is 6.92 Å². The highest BCUT2D eigenvalue weighted by atomic mass is 16.7. The summed E-state index contributed by atoms with van der Waals surface area (Å²) in [7, 11) is 0. The van der Waals surface area contributed by atoms with Crippen molar-refractivity contribution in [3.63, 3.8) is 0 Å². The van der Waals surface area contributed by atoms with Gasteiger partial charge in [0.15, 0.2) is 11.5 Å². The van der Waals surface area contributed by atoms with E-state index in [1.54, 1.807) is 67.0 Å². The molecule has 0 radical (unpaired) electrons. The number of hydrogen-bond donors (Lipinski definition) is 1. The molecule has 0 aliphatic carbocycles. The van der Waals surface area contributed by atoms with Crippen molar-refractivity contribution < 1.29 is 28.9 Å². The Morgan fingerprint density at radius 3 is 2.53 bits per heavy atom. The molecule has 38 heavy (non-hydrogen) atoms. The average Bonchev–Trinajstić information content (AvgIpc) is 3.51. The number of carbonyl (C=O) groups excluding carboxylic acids is 2. The molecule has 3 heterocycles. The lowest BCUT2D eigenvalue weighted by Gasteiger charge is -2.25. The van der Waals surface area contributed by atoms with Gasteiger partial charge in [-0.05, 0) is 78.7 Å². The average molecular weight is 507 g/mol. The van der Waals surface area contributed by atoms with E-state index in [1.165, 1.54) is 4.90 Å². The van der Waals surface area contributed by atoms with Crippen LogP contribution in [0.25, 0.3) is 5.76 Å². The van der Waals surface area contributed by atoms with Gasteiger partial charge in [0, 0.05) is 23.6 Å². The number of anilines is 1. The molecule has 0 bridgehead atoms. The van der Waals surface area contributed by atoms with Crippen molar-refractivity contribution in [1.29, 1.82) is 0 Å². The van der Waals surface area contributed by atoms with E-state index in [-0.39, 0.29) is 18.1 Å². The van der Waals surface area contributed by atoms with Crippen LogP contribution in [0.4, 0.5) is 5.69 Å². The summed E-state index contributed by atoms with van der Waals surface area (Å²) < 4.78 is 16.7. The summed E-state index contributed by atoms with van der Waals surface area (Å²) in [6, 6.07) is 22.0. The molecular formula is C30H22N2O6. The van der Waals surface area contributed by atoms with Crippen LogP contribution in [0.5, 0.6) is 23.0 Å². The van der Waals surface area contributed by atoms with Crippen molar-refractivity contribution in [2.75, 3.05) is 11.7 Å². The Balaban J connectivity index is 1.40. The molecular weight excluding hydrogens is 484 g/mol. The normalized spacial score (nSPS) is 17.6. The van der Waals surface area contributed by atoms with Crippen molar-refractivity contribution in [3.05, 3.63) is 114 Å². The summed E-state index contributed by atoms with van der Waals surface area (Å²) >= 11 is 0. The zero-order valence-corrected chi connectivity index (χ0v) is 20.3. The molecule has 8 nitrogen and oxygen atoms in total. The van der Waals surface area contributed by atoms with Crippen molar-refractivity contribution in [2.24, 2.45) is 0 Å². The van der Waals surface area contributed by atoms with E-state index in [9.17, 15) is 14.7 Å². The van der Waals surface area contributed by atoms with Crippen LogP contribution in [0.15, 0.2) is 96.8 Å². The maximum Gasteiger partial charge on any atom is 0.300 e. The summed E-state index contributed by atoms with van der Waals surface area (Å²) in [5, 5.41) is 11.3. The molecule has 0 spiro atoms. The third-order valence-electron chi connectivity index (χ3n) is 6.43. The van der Waals surface area contributed by atoms with Crippen LogP contribution < -0.4 is 19.1 Å². The van der Waals surface area contributed by atoms with Gasteiger partial charge in [0.05, 0.1) is 11.6 Å². The number of ketones is 1. The van der Waals surface area contributed by atoms with E-state index in [4.69, 9.17) is 14.2 Å². The zero-order chi connectivity index (χ0) is 26.2. The lowest BCUT2D eigenvalue weighted by atomic mass is 9.96. The fraction of sp³-hybridized carbons (Fsp3) is 0.100. The molecule has 1 amide bonds. The first-order valence-corrected chi connectivity index (χ1v) is 11.9. The Hall–Kier alpha value is -5.11. The molecule has 1 saturated heterocycles. The van der Waals surface area contributed by atoms with Crippen molar-refractivity contribution in [2.45, 2.75) is 13.0 Å². The molecule has 1 aromatic heterocycles. The van der Waals surface area contributed by atoms with Gasteiger partial charge in [0.1, 0.15) is 17.3 Å². The van der Waals surface area contributed by atoms with Gasteiger partial charge in [0.25, 0.3) is 11.7 Å². The van der Waals surface area contributed by atoms with Gasteiger partial charge in [-0.15, -0.1) is 0 Å². The summed E-state index contributed by atoms with van der Waals surface area (Å²) in [5.74, 6) is 0.399. The van der Waals surface area contributed by atoms with Crippen molar-refractivity contribution in [1.82, 2.24) is 4.98 Å². The van der Waals surface area contributed by atoms with Crippen LogP contribution in [-0.4, -0.2) is 28.6 Å². The largest absolute Gasteiger partial charge is 0.507 e. The molecule has 1 N–H and O–H groups in total. The van der Waals surface area contributed by atoms with E-state index in [2.05, 4.69) is 4.98 Å². The quantitative estimate of drug-likeness (QED) is 0.216. The fourth-order valence-electron chi connectivity index (χ4n) is 4.64. The molecule has 4 aromatic rings. The summed E-state index contributed by atoms with van der Waals surface area (Å²) in [5.41, 5.74) is 2.42. The fourth-order valence-corrected chi connectivity index (χ4v) is 4.64. The second-order valence-corrected chi connectivity index (χ2v) is 8.94. The number of aromatic nitrogens is 1. The Morgan fingerprint density at radius 1 is 0.947 bits per heavy atom. The lowest BCUT2D eigenvalue weighted by molar-refractivity contribution is -0.132. The first-order valence-electron chi connectivity index (χ1n) is 11.9. The molecule has 3 aromatic carbocycles. The standard InChI is InChI=1S/C30H22N2O6/c1-18-4-2-6-23(14-18)38-22-10-8-21(9-11-22)32-27(20-5-3-13-31-16-20)26(29(34)30(32)35)28(33)19-7-12-24-25(15-19)37-17-36-24/h2-16,27,33H,17H2,1H3/b28-26-. The second kappa shape index (κ2) is 9.40. The van der Waals surface area contributed by atoms with Gasteiger partial charge < -0.3 is 19.3 Å². The van der Waals surface area contributed by atoms with Crippen LogP contribution >= 0.6 is 0 Å². The maximum absolute atomic E-state index is 13.4. The molecule has 1 unspecified atom stereocenters. The predicted octanol–water partition coefficient (Wildman–Crippen LogP) is 5.54. The number of ether oxygens (including phenoxy) is 3. The van der Waals surface area contributed by atoms with Crippen LogP contribution in [0.2, 0.25) is 0 Å². The predicted molar refractivity (Wildman–Crippen MR) is 139 cm³/mol. The van der Waals surface area contributed by atoms with E-state index < -0.39 is 17.7 Å². The Bertz CT molecular complexity index is 1580. The summed E-state index contributed by atoms with van der Waals surface area (Å²) in [6.45, 7) is 2.05. The third-order valence-corrected chi connectivity index (χ3v) is 6.43. The van der Waals surface area contributed by atoms with Crippen LogP contribution in [-0.2, 0) is 9.59 Å². The highest BCUT2D eigenvalue weighted by molar-refractivity contribution is 6.51. The van der Waals surface area contributed by atoms with Crippen LogP contribution in [0.1, 0.15) is 22.7 Å². The van der Waals surface area contributed by atoms with Crippen LogP contribution in [0.3, 0.4) is 0 Å². The first kappa shape index (κ1) is 23.3. The number of fused-ring (bicyclic) bond motifs is 1. The molecule has 1 atom stereocenters. The molecule has 2 aliphatic rings. The monoisotopic (exact) mass is 506 g/mol. The SMILES string of the molecule is Cc1cccc(Oc2ccc(N3C(=O)C(=O)/C(=C(\O)c4ccc5c(c4)OCO5)C3c3cccnc3)cc2)c1. The highest BCUT2D eigenvalue weighted by Gasteiger charge is 2.47. The zero-order valence-electron chi connectivity index (χ0n) is 20.3. The molecule has 188 valence electrons. The Morgan fingerprint density at radius 2 is 1.76 bits per heavy atom. The highest BCUT2D eigenvalue weighted by Crippen LogP contribution is 2.43. The first-order chi connectivity index (χ1) is 18.5. The molecule has 8 heteroatoms. The third kappa shape index (κ3) is 4.12. The minimum absolute atomic E-state index is 0.0399. The number of aliphatic hydroxyl groups excluding tert-OH is 1. The topological polar surface area (TPSA) is 98.2 Å². The summed E-state index contributed by atoms with van der Waals surface area (Å²) in [4.78, 5) is 32.3. The number of amides is 1. The number of hydrogen-bond acceptors (Lipinski definition) is 7. The Labute approximate surface area is 218 Å². The van der Waals surface area contributed by atoms with Gasteiger partial charge in [-0.2, -0.15) is 0 Å². The number of nitrogens with zero attached hydrogens (tertiary/aromatic N) is 2. The van der Waals surface area contributed by atoms with E-state index in [0.29, 0.717) is 39.8 Å². The van der Waals surface area contributed by atoms with Crippen molar-refractivity contribution >= 4 is 23.1 Å². The maximum atomic E-state index is 13.4. The lowest BCUT2D eigenvalue weighted by Crippen LogP contribution is -2.29. The minimum atomic E-state index is -0.891. The second-order valence-electron chi connectivity index (χ2n) is 8.94.